The lowest BCUT2D eigenvalue weighted by atomic mass is 10.4. The molecule has 0 saturated heterocycles. The number of hydrogen-bond donors (Lipinski definition) is 0. The van der Waals surface area contributed by atoms with E-state index in [2.05, 4.69) is 20.4 Å². The predicted molar refractivity (Wildman–Crippen MR) is 41.5 cm³/mol. The number of hydrogen-bond acceptors (Lipinski definition) is 0. The molecule has 8 heavy (non-hydrogen) atoms. The summed E-state index contributed by atoms with van der Waals surface area (Å²) >= 11 is 5.24. The van der Waals surface area contributed by atoms with Crippen LogP contribution in [-0.4, -0.2) is 5.88 Å². The summed E-state index contributed by atoms with van der Waals surface area (Å²) in [5.74, 6) is 0.583. The lowest BCUT2D eigenvalue weighted by Crippen LogP contribution is -1.65. The molecule has 0 aliphatic heterocycles. The van der Waals surface area contributed by atoms with Gasteiger partial charge in [0.1, 0.15) is 0 Å². The van der Waals surface area contributed by atoms with Crippen LogP contribution < -0.4 is 0 Å². The highest BCUT2D eigenvalue weighted by Crippen LogP contribution is 1.86. The highest BCUT2D eigenvalue weighted by molar-refractivity contribution is 6.19. The second-order valence-corrected chi connectivity index (χ2v) is 2.07. The molecule has 0 rings (SSSR count). The summed E-state index contributed by atoms with van der Waals surface area (Å²) in [6, 6.07) is 0. The largest absolute Gasteiger partial charge is 0.122 e. The Labute approximate surface area is 57.5 Å². The molecule has 0 unspecified atom stereocenters. The van der Waals surface area contributed by atoms with Crippen LogP contribution in [0.4, 0.5) is 0 Å². The third-order valence-electron chi connectivity index (χ3n) is 0.228. The monoisotopic (exact) mass is 134 g/mol. The Kier molecular flexibility index (Phi) is 13.8. The molecule has 0 aromatic rings. The zero-order chi connectivity index (χ0) is 6.99. The molecular weight excluding hydrogens is 120 g/mol. The normalized spacial score (nSPS) is 7.00. The van der Waals surface area contributed by atoms with Gasteiger partial charge in [-0.1, -0.05) is 32.4 Å². The first-order valence-electron chi connectivity index (χ1n) is 2.89. The van der Waals surface area contributed by atoms with Crippen LogP contribution >= 0.6 is 11.6 Å². The van der Waals surface area contributed by atoms with Crippen LogP contribution in [0.2, 0.25) is 0 Å². The Bertz CT molecular complexity index is 48.3. The van der Waals surface area contributed by atoms with Crippen LogP contribution in [0.1, 0.15) is 27.2 Å². The number of alkyl halides is 1. The Balaban J connectivity index is 0. The summed E-state index contributed by atoms with van der Waals surface area (Å²) in [6.45, 7) is 9.69. The molecule has 0 atom stereocenters. The van der Waals surface area contributed by atoms with Gasteiger partial charge in [0.2, 0.25) is 0 Å². The van der Waals surface area contributed by atoms with Crippen molar-refractivity contribution in [3.8, 4) is 0 Å². The smallest absolute Gasteiger partial charge is 0.0428 e. The summed E-state index contributed by atoms with van der Waals surface area (Å²) in [6.07, 6.45) is 1.25. The van der Waals surface area contributed by atoms with Crippen molar-refractivity contribution in [1.29, 1.82) is 0 Å². The number of rotatable bonds is 1. The minimum atomic E-state index is 0.583. The van der Waals surface area contributed by atoms with E-state index < -0.39 is 0 Å². The van der Waals surface area contributed by atoms with Crippen LogP contribution in [0.25, 0.3) is 0 Å². The van der Waals surface area contributed by atoms with Crippen molar-refractivity contribution in [1.82, 2.24) is 0 Å². The summed E-state index contributed by atoms with van der Waals surface area (Å²) in [5.41, 5.74) is 1.02. The summed E-state index contributed by atoms with van der Waals surface area (Å²) in [5, 5.41) is 0. The lowest BCUT2D eigenvalue weighted by molar-refractivity contribution is 1.09. The van der Waals surface area contributed by atoms with Gasteiger partial charge in [-0.25, -0.2) is 0 Å². The van der Waals surface area contributed by atoms with Gasteiger partial charge in [0, 0.05) is 5.88 Å². The second-order valence-electron chi connectivity index (χ2n) is 1.80. The summed E-state index contributed by atoms with van der Waals surface area (Å²) < 4.78 is 0. The summed E-state index contributed by atoms with van der Waals surface area (Å²) in [7, 11) is 0. The average molecular weight is 135 g/mol. The lowest BCUT2D eigenvalue weighted by Gasteiger charge is -1.77. The number of halogens is 1. The van der Waals surface area contributed by atoms with E-state index in [1.807, 2.05) is 6.92 Å². The third-order valence-corrected chi connectivity index (χ3v) is 0.684. The van der Waals surface area contributed by atoms with E-state index in [4.69, 9.17) is 11.6 Å². The van der Waals surface area contributed by atoms with Crippen LogP contribution in [0.5, 0.6) is 0 Å². The molecular formula is C7H15Cl. The fraction of sp³-hybridized carbons (Fsp3) is 0.714. The van der Waals surface area contributed by atoms with Crippen molar-refractivity contribution >= 4 is 11.6 Å². The Hall–Kier alpha value is 0.0300. The fourth-order valence-electron chi connectivity index (χ4n) is 0. The number of allylic oxidation sites excluding steroid dienone is 1. The fourth-order valence-corrected chi connectivity index (χ4v) is 0. The van der Waals surface area contributed by atoms with E-state index in [-0.39, 0.29) is 0 Å². The average Bonchev–Trinajstić information content (AvgIpc) is 1.69. The Morgan fingerprint density at radius 2 is 1.62 bits per heavy atom. The minimum Gasteiger partial charge on any atom is -0.122 e. The first kappa shape index (κ1) is 10.9. The molecule has 0 aliphatic rings. The molecule has 0 radical (unpaired) electrons. The third kappa shape index (κ3) is 37.0. The second kappa shape index (κ2) is 10.1. The predicted octanol–water partition coefficient (Wildman–Crippen LogP) is 3.22. The van der Waals surface area contributed by atoms with E-state index >= 15 is 0 Å². The Morgan fingerprint density at radius 3 is 1.62 bits per heavy atom. The van der Waals surface area contributed by atoms with Crippen LogP contribution in [-0.2, 0) is 0 Å². The van der Waals surface area contributed by atoms with Crippen molar-refractivity contribution < 1.29 is 0 Å². The van der Waals surface area contributed by atoms with Gasteiger partial charge in [-0.2, -0.15) is 0 Å². The molecule has 0 spiro atoms. The van der Waals surface area contributed by atoms with Gasteiger partial charge in [0.05, 0.1) is 0 Å². The Morgan fingerprint density at radius 1 is 1.50 bits per heavy atom. The van der Waals surface area contributed by atoms with Crippen molar-refractivity contribution in [2.24, 2.45) is 0 Å². The molecule has 0 aliphatic carbocycles. The van der Waals surface area contributed by atoms with Gasteiger partial charge < -0.3 is 0 Å². The van der Waals surface area contributed by atoms with Gasteiger partial charge in [0.25, 0.3) is 0 Å². The van der Waals surface area contributed by atoms with Crippen LogP contribution in [0.15, 0.2) is 12.2 Å². The molecule has 0 heterocycles. The molecule has 50 valence electrons. The van der Waals surface area contributed by atoms with Crippen molar-refractivity contribution in [3.63, 3.8) is 0 Å². The topological polar surface area (TPSA) is 0 Å². The first-order valence-corrected chi connectivity index (χ1v) is 3.42. The maximum atomic E-state index is 5.24. The van der Waals surface area contributed by atoms with Gasteiger partial charge >= 0.3 is 0 Å². The SMILES string of the molecule is C=C(C)CCl.CCC. The van der Waals surface area contributed by atoms with Crippen molar-refractivity contribution in [3.05, 3.63) is 12.2 Å². The highest BCUT2D eigenvalue weighted by atomic mass is 35.5. The van der Waals surface area contributed by atoms with E-state index in [9.17, 15) is 0 Å². The highest BCUT2D eigenvalue weighted by Gasteiger charge is 1.70. The van der Waals surface area contributed by atoms with E-state index in [1.54, 1.807) is 0 Å². The van der Waals surface area contributed by atoms with Gasteiger partial charge in [-0.15, -0.1) is 11.6 Å². The van der Waals surface area contributed by atoms with E-state index in [1.165, 1.54) is 6.42 Å². The van der Waals surface area contributed by atoms with Gasteiger partial charge in [0.15, 0.2) is 0 Å². The molecule has 0 nitrogen and oxygen atoms in total. The molecule has 0 aromatic heterocycles. The maximum absolute atomic E-state index is 5.24. The quantitative estimate of drug-likeness (QED) is 0.382. The maximum Gasteiger partial charge on any atom is 0.0428 e. The van der Waals surface area contributed by atoms with Crippen LogP contribution in [0, 0.1) is 0 Å². The van der Waals surface area contributed by atoms with Crippen molar-refractivity contribution in [2.45, 2.75) is 27.2 Å². The standard InChI is InChI=1S/C4H7Cl.C3H8/c1-4(2)3-5;1-3-2/h1,3H2,2H3;3H2,1-2H3. The molecule has 0 bridgehead atoms. The molecule has 1 heteroatoms. The van der Waals surface area contributed by atoms with Crippen molar-refractivity contribution in [2.75, 3.05) is 5.88 Å². The molecule has 0 N–H and O–H groups in total. The van der Waals surface area contributed by atoms with Gasteiger partial charge in [-0.05, 0) is 6.92 Å². The molecule has 0 amide bonds. The molecule has 0 saturated carbocycles. The zero-order valence-electron chi connectivity index (χ0n) is 6.00. The summed E-state index contributed by atoms with van der Waals surface area (Å²) in [4.78, 5) is 0. The van der Waals surface area contributed by atoms with E-state index in [0.29, 0.717) is 5.88 Å². The first-order chi connectivity index (χ1) is 3.68. The molecule has 0 aromatic carbocycles. The van der Waals surface area contributed by atoms with Gasteiger partial charge in [-0.3, -0.25) is 0 Å². The molecule has 0 fully saturated rings. The minimum absolute atomic E-state index is 0.583. The van der Waals surface area contributed by atoms with E-state index in [0.717, 1.165) is 5.57 Å². The zero-order valence-corrected chi connectivity index (χ0v) is 6.76. The van der Waals surface area contributed by atoms with Crippen LogP contribution in [0.3, 0.4) is 0 Å².